The predicted octanol–water partition coefficient (Wildman–Crippen LogP) is 4.13. The van der Waals surface area contributed by atoms with Gasteiger partial charge in [0.15, 0.2) is 0 Å². The fraction of sp³-hybridized carbons (Fsp3) is 0.333. The lowest BCUT2D eigenvalue weighted by Crippen LogP contribution is -2.22. The Kier molecular flexibility index (Phi) is 7.24. The maximum absolute atomic E-state index is 12.5. The molecule has 7 nitrogen and oxygen atoms in total. The van der Waals surface area contributed by atoms with Crippen LogP contribution in [0.4, 0.5) is 5.69 Å². The van der Waals surface area contributed by atoms with Crippen LogP contribution < -0.4 is 10.1 Å². The standard InChI is InChI=1S/C21H25N5O2S/c1-4-5-6-16-7-11-18(12-8-16)26-21(23-24-25-26)29-15(2)20(27)22-17-9-13-19(28-3)14-10-17/h7-15H,4-6H2,1-3H3,(H,22,27). The number of aryl methyl sites for hydroxylation is 1. The molecular weight excluding hydrogens is 386 g/mol. The lowest BCUT2D eigenvalue weighted by Gasteiger charge is -2.12. The van der Waals surface area contributed by atoms with E-state index < -0.39 is 0 Å². The van der Waals surface area contributed by atoms with Crippen LogP contribution in [0.3, 0.4) is 0 Å². The van der Waals surface area contributed by atoms with E-state index in [1.54, 1.807) is 36.1 Å². The van der Waals surface area contributed by atoms with Gasteiger partial charge in [-0.25, -0.2) is 0 Å². The molecule has 1 unspecified atom stereocenters. The smallest absolute Gasteiger partial charge is 0.237 e. The van der Waals surface area contributed by atoms with Crippen molar-refractivity contribution in [2.75, 3.05) is 12.4 Å². The average molecular weight is 412 g/mol. The molecule has 0 bridgehead atoms. The number of methoxy groups -OCH3 is 1. The number of amides is 1. The van der Waals surface area contributed by atoms with Crippen molar-refractivity contribution in [1.82, 2.24) is 20.2 Å². The van der Waals surface area contributed by atoms with E-state index in [-0.39, 0.29) is 11.2 Å². The summed E-state index contributed by atoms with van der Waals surface area (Å²) in [5.74, 6) is 0.620. The van der Waals surface area contributed by atoms with Crippen LogP contribution in [-0.2, 0) is 11.2 Å². The highest BCUT2D eigenvalue weighted by Crippen LogP contribution is 2.24. The molecule has 0 aliphatic carbocycles. The number of tetrazole rings is 1. The summed E-state index contributed by atoms with van der Waals surface area (Å²) in [6.07, 6.45) is 3.41. The number of hydrogen-bond donors (Lipinski definition) is 1. The van der Waals surface area contributed by atoms with E-state index in [4.69, 9.17) is 4.74 Å². The van der Waals surface area contributed by atoms with Gasteiger partial charge in [0.25, 0.3) is 0 Å². The van der Waals surface area contributed by atoms with Crippen molar-refractivity contribution in [1.29, 1.82) is 0 Å². The average Bonchev–Trinajstić information content (AvgIpc) is 3.21. The summed E-state index contributed by atoms with van der Waals surface area (Å²) >= 11 is 1.31. The van der Waals surface area contributed by atoms with E-state index in [0.29, 0.717) is 10.8 Å². The van der Waals surface area contributed by atoms with Gasteiger partial charge in [0.1, 0.15) is 5.75 Å². The molecule has 1 N–H and O–H groups in total. The summed E-state index contributed by atoms with van der Waals surface area (Å²) in [7, 11) is 1.61. The van der Waals surface area contributed by atoms with Gasteiger partial charge in [0.2, 0.25) is 11.1 Å². The Morgan fingerprint density at radius 1 is 1.17 bits per heavy atom. The van der Waals surface area contributed by atoms with E-state index in [0.717, 1.165) is 17.9 Å². The number of carbonyl (C=O) groups is 1. The molecule has 0 fully saturated rings. The summed E-state index contributed by atoms with van der Waals surface area (Å²) in [4.78, 5) is 12.5. The molecule has 0 saturated carbocycles. The van der Waals surface area contributed by atoms with E-state index in [9.17, 15) is 4.79 Å². The Hall–Kier alpha value is -2.87. The van der Waals surface area contributed by atoms with Crippen molar-refractivity contribution in [3.05, 3.63) is 54.1 Å². The minimum Gasteiger partial charge on any atom is -0.497 e. The normalized spacial score (nSPS) is 11.8. The summed E-state index contributed by atoms with van der Waals surface area (Å²) in [6.45, 7) is 4.02. The van der Waals surface area contributed by atoms with Crippen molar-refractivity contribution >= 4 is 23.4 Å². The van der Waals surface area contributed by atoms with Crippen LogP contribution in [0.15, 0.2) is 53.7 Å². The van der Waals surface area contributed by atoms with Gasteiger partial charge in [0, 0.05) is 5.69 Å². The molecule has 1 heterocycles. The zero-order valence-corrected chi connectivity index (χ0v) is 17.6. The minimum absolute atomic E-state index is 0.121. The van der Waals surface area contributed by atoms with E-state index in [2.05, 4.69) is 39.9 Å². The molecule has 152 valence electrons. The Morgan fingerprint density at radius 2 is 1.90 bits per heavy atom. The van der Waals surface area contributed by atoms with Gasteiger partial charge in [0.05, 0.1) is 18.0 Å². The van der Waals surface area contributed by atoms with Gasteiger partial charge in [-0.2, -0.15) is 4.68 Å². The SMILES string of the molecule is CCCCc1ccc(-n2nnnc2SC(C)C(=O)Nc2ccc(OC)cc2)cc1. The van der Waals surface area contributed by atoms with Crippen molar-refractivity contribution in [2.45, 2.75) is 43.5 Å². The largest absolute Gasteiger partial charge is 0.497 e. The molecule has 1 aromatic heterocycles. The second kappa shape index (κ2) is 10.1. The zero-order valence-electron chi connectivity index (χ0n) is 16.8. The molecule has 3 aromatic rings. The lowest BCUT2D eigenvalue weighted by molar-refractivity contribution is -0.115. The molecule has 29 heavy (non-hydrogen) atoms. The lowest BCUT2D eigenvalue weighted by atomic mass is 10.1. The van der Waals surface area contributed by atoms with Gasteiger partial charge >= 0.3 is 0 Å². The van der Waals surface area contributed by atoms with E-state index in [1.165, 1.54) is 30.2 Å². The van der Waals surface area contributed by atoms with E-state index >= 15 is 0 Å². The Labute approximate surface area is 174 Å². The first-order chi connectivity index (χ1) is 14.1. The van der Waals surface area contributed by atoms with Crippen molar-refractivity contribution in [3.63, 3.8) is 0 Å². The third-order valence-electron chi connectivity index (χ3n) is 4.45. The molecule has 0 aliphatic heterocycles. The van der Waals surface area contributed by atoms with Crippen LogP contribution in [0.1, 0.15) is 32.3 Å². The Balaban J connectivity index is 1.64. The molecule has 0 saturated heterocycles. The molecule has 0 aliphatic rings. The zero-order chi connectivity index (χ0) is 20.6. The molecule has 8 heteroatoms. The molecule has 1 atom stereocenters. The number of nitrogens with one attached hydrogen (secondary N) is 1. The van der Waals surface area contributed by atoms with Gasteiger partial charge < -0.3 is 10.1 Å². The summed E-state index contributed by atoms with van der Waals surface area (Å²) in [6, 6.07) is 15.4. The number of anilines is 1. The maximum atomic E-state index is 12.5. The van der Waals surface area contributed by atoms with Crippen LogP contribution in [0.25, 0.3) is 5.69 Å². The fourth-order valence-corrected chi connectivity index (χ4v) is 3.54. The maximum Gasteiger partial charge on any atom is 0.237 e. The third-order valence-corrected chi connectivity index (χ3v) is 5.48. The second-order valence-corrected chi connectivity index (χ2v) is 7.93. The van der Waals surface area contributed by atoms with Gasteiger partial charge in [-0.3, -0.25) is 4.79 Å². The fourth-order valence-electron chi connectivity index (χ4n) is 2.73. The highest BCUT2D eigenvalue weighted by Gasteiger charge is 2.19. The van der Waals surface area contributed by atoms with Crippen LogP contribution in [-0.4, -0.2) is 38.5 Å². The Bertz CT molecular complexity index is 925. The molecule has 0 spiro atoms. The minimum atomic E-state index is -0.370. The molecule has 0 radical (unpaired) electrons. The van der Waals surface area contributed by atoms with Crippen molar-refractivity contribution in [3.8, 4) is 11.4 Å². The van der Waals surface area contributed by atoms with Crippen molar-refractivity contribution in [2.24, 2.45) is 0 Å². The van der Waals surface area contributed by atoms with Crippen LogP contribution >= 0.6 is 11.8 Å². The van der Waals surface area contributed by atoms with Gasteiger partial charge in [-0.05, 0) is 72.2 Å². The quantitative estimate of drug-likeness (QED) is 0.533. The molecule has 1 amide bonds. The predicted molar refractivity (Wildman–Crippen MR) is 115 cm³/mol. The van der Waals surface area contributed by atoms with Gasteiger partial charge in [-0.15, -0.1) is 5.10 Å². The number of aromatic nitrogens is 4. The molecule has 3 rings (SSSR count). The highest BCUT2D eigenvalue weighted by atomic mass is 32.2. The first-order valence-corrected chi connectivity index (χ1v) is 10.5. The second-order valence-electron chi connectivity index (χ2n) is 6.62. The summed E-state index contributed by atoms with van der Waals surface area (Å²) in [5, 5.41) is 15.1. The molecular formula is C21H25N5O2S. The first kappa shape index (κ1) is 20.9. The monoisotopic (exact) mass is 411 g/mol. The third kappa shape index (κ3) is 5.57. The summed E-state index contributed by atoms with van der Waals surface area (Å²) < 4.78 is 6.79. The Morgan fingerprint density at radius 3 is 2.55 bits per heavy atom. The number of unbranched alkanes of at least 4 members (excludes halogenated alkanes) is 1. The van der Waals surface area contributed by atoms with Crippen LogP contribution in [0.5, 0.6) is 5.75 Å². The number of rotatable bonds is 9. The highest BCUT2D eigenvalue weighted by molar-refractivity contribution is 8.00. The van der Waals surface area contributed by atoms with Crippen molar-refractivity contribution < 1.29 is 9.53 Å². The number of hydrogen-bond acceptors (Lipinski definition) is 6. The topological polar surface area (TPSA) is 81.9 Å². The first-order valence-electron chi connectivity index (χ1n) is 9.60. The number of carbonyl (C=O) groups excluding carboxylic acids is 1. The number of thioether (sulfide) groups is 1. The molecule has 2 aromatic carbocycles. The van der Waals surface area contributed by atoms with Gasteiger partial charge in [-0.1, -0.05) is 37.2 Å². The van der Waals surface area contributed by atoms with Crippen LogP contribution in [0.2, 0.25) is 0 Å². The van der Waals surface area contributed by atoms with Crippen LogP contribution in [0, 0.1) is 0 Å². The number of ether oxygens (including phenoxy) is 1. The number of nitrogens with zero attached hydrogens (tertiary/aromatic N) is 4. The van der Waals surface area contributed by atoms with E-state index in [1.807, 2.05) is 19.1 Å². The number of benzene rings is 2. The summed E-state index contributed by atoms with van der Waals surface area (Å²) in [5.41, 5.74) is 2.89.